The highest BCUT2D eigenvalue weighted by Crippen LogP contribution is 2.34. The molecular formula is C27H29FN6O5S. The topological polar surface area (TPSA) is 113 Å². The summed E-state index contributed by atoms with van der Waals surface area (Å²) in [6.45, 7) is 6.09. The number of thiophene rings is 1. The molecule has 4 heterocycles. The van der Waals surface area contributed by atoms with Crippen LogP contribution in [0.3, 0.4) is 0 Å². The van der Waals surface area contributed by atoms with Crippen molar-refractivity contribution in [1.29, 1.82) is 0 Å². The SMILES string of the molecule is C=CCCO[C@@H](Cn1c(=O)n([C@H]2CCN(C)C2=O)c(=O)c2c(C)c(-n3nccn3)sc21)c1cc(F)ccc1OC. The Hall–Kier alpha value is -4.10. The lowest BCUT2D eigenvalue weighted by Gasteiger charge is -2.23. The third kappa shape index (κ3) is 4.75. The number of hydrogen-bond donors (Lipinski definition) is 0. The highest BCUT2D eigenvalue weighted by Gasteiger charge is 2.35. The maximum absolute atomic E-state index is 14.4. The number of rotatable bonds is 10. The number of likely N-dealkylation sites (tertiary alicyclic amines) is 1. The molecule has 11 nitrogen and oxygen atoms in total. The summed E-state index contributed by atoms with van der Waals surface area (Å²) in [6, 6.07) is 3.15. The molecule has 0 radical (unpaired) electrons. The van der Waals surface area contributed by atoms with Gasteiger partial charge in [0.1, 0.15) is 33.5 Å². The van der Waals surface area contributed by atoms with E-state index in [0.717, 1.165) is 4.57 Å². The number of nitrogens with zero attached hydrogens (tertiary/aromatic N) is 6. The molecule has 210 valence electrons. The van der Waals surface area contributed by atoms with E-state index in [-0.39, 0.29) is 24.4 Å². The Morgan fingerprint density at radius 1 is 1.25 bits per heavy atom. The largest absolute Gasteiger partial charge is 0.496 e. The molecule has 1 amide bonds. The van der Waals surface area contributed by atoms with Crippen molar-refractivity contribution < 1.29 is 18.7 Å². The maximum Gasteiger partial charge on any atom is 0.332 e. The minimum atomic E-state index is -0.935. The van der Waals surface area contributed by atoms with E-state index >= 15 is 0 Å². The second-order valence-electron chi connectivity index (χ2n) is 9.49. The monoisotopic (exact) mass is 568 g/mol. The summed E-state index contributed by atoms with van der Waals surface area (Å²) < 4.78 is 28.5. The Bertz CT molecular complexity index is 1690. The first-order chi connectivity index (χ1) is 19.3. The Labute approximate surface area is 232 Å². The lowest BCUT2D eigenvalue weighted by Crippen LogP contribution is -2.44. The lowest BCUT2D eigenvalue weighted by atomic mass is 10.1. The Morgan fingerprint density at radius 3 is 2.65 bits per heavy atom. The normalized spacial score (nSPS) is 16.1. The van der Waals surface area contributed by atoms with E-state index in [1.54, 1.807) is 20.0 Å². The van der Waals surface area contributed by atoms with Crippen LogP contribution in [0.1, 0.15) is 36.1 Å². The van der Waals surface area contributed by atoms with Gasteiger partial charge in [-0.05, 0) is 38.0 Å². The number of carbonyl (C=O) groups is 1. The number of aryl methyl sites for hydroxylation is 1. The predicted octanol–water partition coefficient (Wildman–Crippen LogP) is 3.00. The number of likely N-dealkylation sites (N-methyl/N-ethyl adjacent to an activating group) is 1. The van der Waals surface area contributed by atoms with Crippen molar-refractivity contribution in [2.75, 3.05) is 27.3 Å². The van der Waals surface area contributed by atoms with Gasteiger partial charge in [-0.15, -0.1) is 11.4 Å². The first-order valence-corrected chi connectivity index (χ1v) is 13.5. The number of benzene rings is 1. The molecule has 4 aromatic rings. The first-order valence-electron chi connectivity index (χ1n) is 12.7. The number of methoxy groups -OCH3 is 1. The molecular weight excluding hydrogens is 539 g/mol. The van der Waals surface area contributed by atoms with Gasteiger partial charge in [0.15, 0.2) is 0 Å². The van der Waals surface area contributed by atoms with Gasteiger partial charge in [0, 0.05) is 24.7 Å². The molecule has 40 heavy (non-hydrogen) atoms. The molecule has 3 aromatic heterocycles. The average molecular weight is 569 g/mol. The zero-order valence-corrected chi connectivity index (χ0v) is 23.2. The fourth-order valence-electron chi connectivity index (χ4n) is 5.00. The average Bonchev–Trinajstić information content (AvgIpc) is 3.66. The summed E-state index contributed by atoms with van der Waals surface area (Å²) >= 11 is 1.18. The van der Waals surface area contributed by atoms with Crippen molar-refractivity contribution in [2.24, 2.45) is 0 Å². The summed E-state index contributed by atoms with van der Waals surface area (Å²) in [4.78, 5) is 44.2. The van der Waals surface area contributed by atoms with Crippen LogP contribution < -0.4 is 16.0 Å². The van der Waals surface area contributed by atoms with E-state index in [9.17, 15) is 18.8 Å². The highest BCUT2D eigenvalue weighted by atomic mass is 32.1. The minimum absolute atomic E-state index is 0.0742. The molecule has 1 saturated heterocycles. The highest BCUT2D eigenvalue weighted by molar-refractivity contribution is 7.21. The van der Waals surface area contributed by atoms with Crippen LogP contribution in [-0.4, -0.2) is 62.2 Å². The number of hydrogen-bond acceptors (Lipinski definition) is 8. The molecule has 1 aliphatic heterocycles. The molecule has 1 aliphatic rings. The van der Waals surface area contributed by atoms with E-state index in [4.69, 9.17) is 9.47 Å². The number of halogens is 1. The first kappa shape index (κ1) is 27.5. The Balaban J connectivity index is 1.75. The van der Waals surface area contributed by atoms with Gasteiger partial charge in [0.2, 0.25) is 5.91 Å². The van der Waals surface area contributed by atoms with Crippen LogP contribution in [0.15, 0.2) is 52.8 Å². The Kier molecular flexibility index (Phi) is 7.68. The zero-order valence-electron chi connectivity index (χ0n) is 22.4. The van der Waals surface area contributed by atoms with Gasteiger partial charge < -0.3 is 14.4 Å². The molecule has 5 rings (SSSR count). The molecule has 0 bridgehead atoms. The maximum atomic E-state index is 14.4. The Morgan fingerprint density at radius 2 is 2.00 bits per heavy atom. The second kappa shape index (κ2) is 11.2. The van der Waals surface area contributed by atoms with Gasteiger partial charge in [0.25, 0.3) is 5.56 Å². The third-order valence-corrected chi connectivity index (χ3v) is 8.34. The van der Waals surface area contributed by atoms with Crippen molar-refractivity contribution in [3.8, 4) is 10.8 Å². The predicted molar refractivity (Wildman–Crippen MR) is 148 cm³/mol. The second-order valence-corrected chi connectivity index (χ2v) is 10.5. The molecule has 2 atom stereocenters. The summed E-state index contributed by atoms with van der Waals surface area (Å²) in [5, 5.41) is 9.26. The molecule has 1 fully saturated rings. The number of carbonyl (C=O) groups excluding carboxylic acids is 1. The molecule has 0 unspecified atom stereocenters. The smallest absolute Gasteiger partial charge is 0.332 e. The van der Waals surface area contributed by atoms with Crippen molar-refractivity contribution in [2.45, 2.75) is 38.5 Å². The van der Waals surface area contributed by atoms with Gasteiger partial charge in [-0.25, -0.2) is 13.8 Å². The van der Waals surface area contributed by atoms with Gasteiger partial charge in [0.05, 0.1) is 38.0 Å². The van der Waals surface area contributed by atoms with Crippen LogP contribution in [0.2, 0.25) is 0 Å². The van der Waals surface area contributed by atoms with Crippen molar-refractivity contribution in [3.05, 3.63) is 81.0 Å². The van der Waals surface area contributed by atoms with Crippen LogP contribution in [0.5, 0.6) is 5.75 Å². The summed E-state index contributed by atoms with van der Waals surface area (Å²) in [6.07, 6.45) is 4.74. The van der Waals surface area contributed by atoms with Gasteiger partial charge in [-0.2, -0.15) is 10.2 Å². The van der Waals surface area contributed by atoms with E-state index in [1.165, 1.54) is 63.3 Å². The number of amides is 1. The van der Waals surface area contributed by atoms with Crippen LogP contribution >= 0.6 is 11.3 Å². The standard InChI is InChI=1S/C27H29FN6O5S/c1-5-6-13-39-21(18-14-17(28)7-8-20(18)38-4)15-32-26-22(16(2)25(40-26)34-29-10-11-30-34)24(36)33(27(32)37)19-9-12-31(3)23(19)35/h5,7-8,10-11,14,19,21H,1,6,9,12-13,15H2,2-4H3/t19-,21-/m0/s1. The molecule has 0 saturated carbocycles. The quantitative estimate of drug-likeness (QED) is 0.214. The van der Waals surface area contributed by atoms with Crippen molar-refractivity contribution >= 4 is 27.5 Å². The summed E-state index contributed by atoms with van der Waals surface area (Å²) in [5.74, 6) is -0.411. The summed E-state index contributed by atoms with van der Waals surface area (Å²) in [7, 11) is 3.11. The molecule has 1 aromatic carbocycles. The van der Waals surface area contributed by atoms with Crippen molar-refractivity contribution in [3.63, 3.8) is 0 Å². The summed E-state index contributed by atoms with van der Waals surface area (Å²) in [5.41, 5.74) is -0.220. The van der Waals surface area contributed by atoms with Crippen LogP contribution in [0, 0.1) is 12.7 Å². The number of fused-ring (bicyclic) bond motifs is 1. The minimum Gasteiger partial charge on any atom is -0.496 e. The van der Waals surface area contributed by atoms with E-state index in [1.807, 2.05) is 0 Å². The fraction of sp³-hybridized carbons (Fsp3) is 0.370. The van der Waals surface area contributed by atoms with Crippen LogP contribution in [0.25, 0.3) is 15.2 Å². The lowest BCUT2D eigenvalue weighted by molar-refractivity contribution is -0.129. The van der Waals surface area contributed by atoms with E-state index in [2.05, 4.69) is 16.8 Å². The fourth-order valence-corrected chi connectivity index (χ4v) is 6.22. The van der Waals surface area contributed by atoms with Gasteiger partial charge in [-0.3, -0.25) is 14.2 Å². The van der Waals surface area contributed by atoms with Gasteiger partial charge in [-0.1, -0.05) is 17.4 Å². The molecule has 0 spiro atoms. The van der Waals surface area contributed by atoms with Crippen molar-refractivity contribution in [1.82, 2.24) is 29.0 Å². The van der Waals surface area contributed by atoms with E-state index < -0.39 is 29.2 Å². The van der Waals surface area contributed by atoms with Crippen LogP contribution in [0.4, 0.5) is 4.39 Å². The zero-order chi connectivity index (χ0) is 28.6. The molecule has 13 heteroatoms. The number of aromatic nitrogens is 5. The number of ether oxygens (including phenoxy) is 2. The molecule has 0 N–H and O–H groups in total. The van der Waals surface area contributed by atoms with Crippen LogP contribution in [-0.2, 0) is 16.1 Å². The molecule has 0 aliphatic carbocycles. The van der Waals surface area contributed by atoms with Gasteiger partial charge >= 0.3 is 5.69 Å². The third-order valence-electron chi connectivity index (χ3n) is 7.06. The van der Waals surface area contributed by atoms with E-state index in [0.29, 0.717) is 46.1 Å².